The molecule has 1 unspecified atom stereocenters. The summed E-state index contributed by atoms with van der Waals surface area (Å²) in [7, 11) is 1.64. The molecule has 4 heteroatoms. The smallest absolute Gasteiger partial charge is 0.254 e. The first kappa shape index (κ1) is 14.7. The Morgan fingerprint density at radius 3 is 2.78 bits per heavy atom. The molecule has 0 aliphatic heterocycles. The molecule has 1 atom stereocenters. The Morgan fingerprint density at radius 1 is 1.50 bits per heavy atom. The van der Waals surface area contributed by atoms with Gasteiger partial charge in [-0.2, -0.15) is 0 Å². The van der Waals surface area contributed by atoms with Crippen molar-refractivity contribution in [1.29, 1.82) is 0 Å². The van der Waals surface area contributed by atoms with Crippen LogP contribution in [-0.4, -0.2) is 37.1 Å². The van der Waals surface area contributed by atoms with Gasteiger partial charge in [-0.25, -0.2) is 0 Å². The number of carbonyl (C=O) groups excluding carboxylic acids is 1. The number of hydrogen-bond acceptors (Lipinski definition) is 3. The molecule has 0 bridgehead atoms. The van der Waals surface area contributed by atoms with E-state index in [0.717, 1.165) is 5.56 Å². The highest BCUT2D eigenvalue weighted by atomic mass is 16.5. The molecule has 4 nitrogen and oxygen atoms in total. The summed E-state index contributed by atoms with van der Waals surface area (Å²) in [5.74, 6) is 0.0253. The number of rotatable bonds is 6. The van der Waals surface area contributed by atoms with Crippen LogP contribution in [0, 0.1) is 0 Å². The number of benzene rings is 1. The fourth-order valence-electron chi connectivity index (χ4n) is 1.98. The molecule has 1 rings (SSSR count). The van der Waals surface area contributed by atoms with Gasteiger partial charge in [0.15, 0.2) is 0 Å². The van der Waals surface area contributed by atoms with Gasteiger partial charge in [0.2, 0.25) is 0 Å². The summed E-state index contributed by atoms with van der Waals surface area (Å²) in [5.41, 5.74) is 7.24. The minimum atomic E-state index is 0.0253. The summed E-state index contributed by atoms with van der Waals surface area (Å²) in [6, 6.07) is 7.53. The van der Waals surface area contributed by atoms with Crippen molar-refractivity contribution in [3.8, 4) is 0 Å². The molecule has 2 N–H and O–H groups in total. The van der Waals surface area contributed by atoms with Gasteiger partial charge in [-0.1, -0.05) is 12.1 Å². The van der Waals surface area contributed by atoms with Crippen LogP contribution in [0.1, 0.15) is 29.8 Å². The van der Waals surface area contributed by atoms with E-state index >= 15 is 0 Å². The number of likely N-dealkylation sites (N-methyl/N-ethyl adjacent to an activating group) is 1. The molecule has 1 aromatic carbocycles. The average Bonchev–Trinajstić information content (AvgIpc) is 2.40. The molecule has 0 aliphatic rings. The fraction of sp³-hybridized carbons (Fsp3) is 0.500. The molecule has 0 radical (unpaired) electrons. The summed E-state index contributed by atoms with van der Waals surface area (Å²) in [6.07, 6.45) is 0. The van der Waals surface area contributed by atoms with Crippen LogP contribution in [0.3, 0.4) is 0 Å². The van der Waals surface area contributed by atoms with Crippen molar-refractivity contribution in [3.05, 3.63) is 35.4 Å². The molecule has 0 aliphatic carbocycles. The van der Waals surface area contributed by atoms with Crippen molar-refractivity contribution in [3.63, 3.8) is 0 Å². The molecule has 0 heterocycles. The summed E-state index contributed by atoms with van der Waals surface area (Å²) in [4.78, 5) is 14.2. The number of carbonyl (C=O) groups is 1. The Bertz CT molecular complexity index is 393. The van der Waals surface area contributed by atoms with Crippen molar-refractivity contribution in [1.82, 2.24) is 4.90 Å². The summed E-state index contributed by atoms with van der Waals surface area (Å²) in [6.45, 7) is 5.60. The van der Waals surface area contributed by atoms with Crippen LogP contribution in [0.2, 0.25) is 0 Å². The number of hydrogen-bond donors (Lipinski definition) is 1. The third-order valence-electron chi connectivity index (χ3n) is 2.95. The van der Waals surface area contributed by atoms with E-state index in [-0.39, 0.29) is 11.9 Å². The Kier molecular flexibility index (Phi) is 5.82. The molecule has 0 spiro atoms. The number of nitrogens with two attached hydrogens (primary N) is 1. The number of nitrogens with zero attached hydrogens (tertiary/aromatic N) is 1. The lowest BCUT2D eigenvalue weighted by atomic mass is 10.1. The first-order valence-corrected chi connectivity index (χ1v) is 6.22. The van der Waals surface area contributed by atoms with Gasteiger partial charge in [-0.15, -0.1) is 0 Å². The number of amides is 1. The SMILES string of the molecule is CCN(C(=O)c1cccc(CN)c1)C(C)COC. The lowest BCUT2D eigenvalue weighted by molar-refractivity contribution is 0.0579. The standard InChI is InChI=1S/C14H22N2O2/c1-4-16(11(2)10-18-3)14(17)13-7-5-6-12(8-13)9-15/h5-8,11H,4,9-10,15H2,1-3H3. The van der Waals surface area contributed by atoms with Gasteiger partial charge in [-0.3, -0.25) is 4.79 Å². The van der Waals surface area contributed by atoms with Crippen LogP contribution in [0.4, 0.5) is 0 Å². The maximum absolute atomic E-state index is 12.4. The predicted octanol–water partition coefficient (Wildman–Crippen LogP) is 1.64. The zero-order valence-corrected chi connectivity index (χ0v) is 11.3. The van der Waals surface area contributed by atoms with Crippen molar-refractivity contribution in [2.45, 2.75) is 26.4 Å². The average molecular weight is 250 g/mol. The van der Waals surface area contributed by atoms with E-state index in [0.29, 0.717) is 25.3 Å². The van der Waals surface area contributed by atoms with Gasteiger partial charge in [-0.05, 0) is 31.5 Å². The molecule has 0 aromatic heterocycles. The molecule has 0 saturated carbocycles. The van der Waals surface area contributed by atoms with Gasteiger partial charge in [0.1, 0.15) is 0 Å². The van der Waals surface area contributed by atoms with E-state index in [4.69, 9.17) is 10.5 Å². The molecular formula is C14H22N2O2. The Hall–Kier alpha value is -1.39. The minimum absolute atomic E-state index is 0.0253. The molecular weight excluding hydrogens is 228 g/mol. The second-order valence-corrected chi connectivity index (χ2v) is 4.30. The third-order valence-corrected chi connectivity index (χ3v) is 2.95. The van der Waals surface area contributed by atoms with Crippen LogP contribution in [-0.2, 0) is 11.3 Å². The molecule has 1 amide bonds. The number of methoxy groups -OCH3 is 1. The molecule has 0 saturated heterocycles. The lowest BCUT2D eigenvalue weighted by Crippen LogP contribution is -2.40. The highest BCUT2D eigenvalue weighted by Crippen LogP contribution is 2.11. The van der Waals surface area contributed by atoms with Gasteiger partial charge >= 0.3 is 0 Å². The predicted molar refractivity (Wildman–Crippen MR) is 72.4 cm³/mol. The monoisotopic (exact) mass is 250 g/mol. The zero-order valence-electron chi connectivity index (χ0n) is 11.3. The Morgan fingerprint density at radius 2 is 2.22 bits per heavy atom. The van der Waals surface area contributed by atoms with E-state index < -0.39 is 0 Å². The van der Waals surface area contributed by atoms with Crippen molar-refractivity contribution in [2.24, 2.45) is 5.73 Å². The van der Waals surface area contributed by atoms with Crippen LogP contribution in [0.25, 0.3) is 0 Å². The van der Waals surface area contributed by atoms with E-state index in [9.17, 15) is 4.79 Å². The van der Waals surface area contributed by atoms with Gasteiger partial charge < -0.3 is 15.4 Å². The van der Waals surface area contributed by atoms with E-state index in [1.165, 1.54) is 0 Å². The summed E-state index contributed by atoms with van der Waals surface area (Å²) in [5, 5.41) is 0. The van der Waals surface area contributed by atoms with E-state index in [1.54, 1.807) is 12.0 Å². The number of ether oxygens (including phenoxy) is 1. The largest absolute Gasteiger partial charge is 0.383 e. The first-order chi connectivity index (χ1) is 8.63. The quantitative estimate of drug-likeness (QED) is 0.835. The minimum Gasteiger partial charge on any atom is -0.383 e. The van der Waals surface area contributed by atoms with Crippen LogP contribution >= 0.6 is 0 Å². The highest BCUT2D eigenvalue weighted by molar-refractivity contribution is 5.94. The molecule has 0 fully saturated rings. The van der Waals surface area contributed by atoms with Gasteiger partial charge in [0.25, 0.3) is 5.91 Å². The first-order valence-electron chi connectivity index (χ1n) is 6.22. The summed E-state index contributed by atoms with van der Waals surface area (Å²) >= 11 is 0. The van der Waals surface area contributed by atoms with Crippen molar-refractivity contribution < 1.29 is 9.53 Å². The fourth-order valence-corrected chi connectivity index (χ4v) is 1.98. The van der Waals surface area contributed by atoms with Crippen molar-refractivity contribution in [2.75, 3.05) is 20.3 Å². The molecule has 1 aromatic rings. The Balaban J connectivity index is 2.88. The maximum Gasteiger partial charge on any atom is 0.254 e. The maximum atomic E-state index is 12.4. The third kappa shape index (κ3) is 3.55. The molecule has 100 valence electrons. The second kappa shape index (κ2) is 7.13. The van der Waals surface area contributed by atoms with Gasteiger partial charge in [0, 0.05) is 25.8 Å². The van der Waals surface area contributed by atoms with Crippen LogP contribution in [0.15, 0.2) is 24.3 Å². The van der Waals surface area contributed by atoms with E-state index in [2.05, 4.69) is 0 Å². The topological polar surface area (TPSA) is 55.6 Å². The van der Waals surface area contributed by atoms with Gasteiger partial charge in [0.05, 0.1) is 12.6 Å². The second-order valence-electron chi connectivity index (χ2n) is 4.30. The molecule has 18 heavy (non-hydrogen) atoms. The highest BCUT2D eigenvalue weighted by Gasteiger charge is 2.19. The summed E-state index contributed by atoms with van der Waals surface area (Å²) < 4.78 is 5.10. The zero-order chi connectivity index (χ0) is 13.5. The van der Waals surface area contributed by atoms with E-state index in [1.807, 2.05) is 38.1 Å². The van der Waals surface area contributed by atoms with Crippen LogP contribution < -0.4 is 5.73 Å². The normalized spacial score (nSPS) is 12.2. The Labute approximate surface area is 109 Å². The van der Waals surface area contributed by atoms with Crippen LogP contribution in [0.5, 0.6) is 0 Å². The van der Waals surface area contributed by atoms with Crippen molar-refractivity contribution >= 4 is 5.91 Å². The lowest BCUT2D eigenvalue weighted by Gasteiger charge is -2.27.